The molecular formula is C13H13NO. The van der Waals surface area contributed by atoms with Gasteiger partial charge in [-0.3, -0.25) is 4.79 Å². The van der Waals surface area contributed by atoms with E-state index in [9.17, 15) is 4.79 Å². The third kappa shape index (κ3) is 0.787. The van der Waals surface area contributed by atoms with Gasteiger partial charge in [0.2, 0.25) is 0 Å². The Kier molecular flexibility index (Phi) is 1.25. The van der Waals surface area contributed by atoms with E-state index in [1.165, 1.54) is 11.1 Å². The molecule has 2 fully saturated rings. The smallest absolute Gasteiger partial charge is 0.135 e. The largest absolute Gasteiger partial charge is 0.305 e. The minimum atomic E-state index is 0.265. The van der Waals surface area contributed by atoms with E-state index in [1.807, 2.05) is 0 Å². The maximum absolute atomic E-state index is 11.6. The van der Waals surface area contributed by atoms with E-state index < -0.39 is 0 Å². The third-order valence-electron chi connectivity index (χ3n) is 4.48. The number of carbonyl (C=O) groups excluding carboxylic acids is 1. The molecule has 1 aliphatic heterocycles. The van der Waals surface area contributed by atoms with Crippen molar-refractivity contribution in [1.82, 2.24) is 5.32 Å². The van der Waals surface area contributed by atoms with Crippen LogP contribution in [0.15, 0.2) is 24.3 Å². The van der Waals surface area contributed by atoms with Crippen molar-refractivity contribution >= 4 is 5.78 Å². The van der Waals surface area contributed by atoms with Crippen molar-refractivity contribution in [3.8, 4) is 0 Å². The van der Waals surface area contributed by atoms with E-state index >= 15 is 0 Å². The molecule has 2 nitrogen and oxygen atoms in total. The van der Waals surface area contributed by atoms with Gasteiger partial charge in [0.1, 0.15) is 5.78 Å². The van der Waals surface area contributed by atoms with Gasteiger partial charge in [0.25, 0.3) is 0 Å². The number of Topliss-reactive ketones (excluding diaryl/α,β-unsaturated/α-hetero) is 1. The monoisotopic (exact) mass is 199 g/mol. The molecule has 1 saturated heterocycles. The summed E-state index contributed by atoms with van der Waals surface area (Å²) in [6.07, 6.45) is 2.66. The van der Waals surface area contributed by atoms with Crippen molar-refractivity contribution < 1.29 is 4.79 Å². The molecule has 3 aliphatic rings. The fourth-order valence-electron chi connectivity index (χ4n) is 3.81. The highest BCUT2D eigenvalue weighted by atomic mass is 16.1. The van der Waals surface area contributed by atoms with Crippen molar-refractivity contribution in [2.24, 2.45) is 5.41 Å². The number of nitrogens with one attached hydrogen (secondary N) is 1. The molecule has 1 aromatic rings. The lowest BCUT2D eigenvalue weighted by Gasteiger charge is -2.49. The van der Waals surface area contributed by atoms with Gasteiger partial charge in [-0.15, -0.1) is 0 Å². The van der Waals surface area contributed by atoms with Crippen LogP contribution in [-0.2, 0) is 11.2 Å². The molecule has 1 heterocycles. The first-order chi connectivity index (χ1) is 7.29. The average molecular weight is 199 g/mol. The number of fused-ring (bicyclic) bond motifs is 2. The normalized spacial score (nSPS) is 40.7. The summed E-state index contributed by atoms with van der Waals surface area (Å²) in [7, 11) is 0. The Labute approximate surface area is 88.7 Å². The predicted molar refractivity (Wildman–Crippen MR) is 56.5 cm³/mol. The average Bonchev–Trinajstić information content (AvgIpc) is 2.60. The number of hydrogen-bond acceptors (Lipinski definition) is 2. The summed E-state index contributed by atoms with van der Waals surface area (Å²) in [6.45, 7) is 0. The Morgan fingerprint density at radius 3 is 3.00 bits per heavy atom. The molecular weight excluding hydrogens is 186 g/mol. The lowest BCUT2D eigenvalue weighted by atomic mass is 9.69. The maximum Gasteiger partial charge on any atom is 0.135 e. The van der Waals surface area contributed by atoms with Crippen molar-refractivity contribution in [3.05, 3.63) is 35.4 Å². The molecule has 76 valence electrons. The maximum atomic E-state index is 11.6. The Bertz CT molecular complexity index is 467. The van der Waals surface area contributed by atoms with Gasteiger partial charge in [-0.05, 0) is 17.5 Å². The summed E-state index contributed by atoms with van der Waals surface area (Å²) in [5.41, 5.74) is 3.15. The van der Waals surface area contributed by atoms with Gasteiger partial charge in [-0.2, -0.15) is 0 Å². The summed E-state index contributed by atoms with van der Waals surface area (Å²) in [5.74, 6) is 0.447. The van der Waals surface area contributed by atoms with Crippen molar-refractivity contribution in [2.75, 3.05) is 0 Å². The molecule has 4 rings (SSSR count). The van der Waals surface area contributed by atoms with Crippen LogP contribution in [0.4, 0.5) is 0 Å². The Balaban J connectivity index is 1.84. The van der Waals surface area contributed by atoms with Gasteiger partial charge in [0.05, 0.1) is 0 Å². The topological polar surface area (TPSA) is 29.1 Å². The second kappa shape index (κ2) is 2.33. The van der Waals surface area contributed by atoms with Gasteiger partial charge in [-0.1, -0.05) is 24.3 Å². The van der Waals surface area contributed by atoms with Crippen molar-refractivity contribution in [3.63, 3.8) is 0 Å². The lowest BCUT2D eigenvalue weighted by Crippen LogP contribution is -2.59. The van der Waals surface area contributed by atoms with E-state index in [1.54, 1.807) is 0 Å². The minimum Gasteiger partial charge on any atom is -0.305 e. The van der Waals surface area contributed by atoms with Gasteiger partial charge in [-0.25, -0.2) is 0 Å². The van der Waals surface area contributed by atoms with Crippen molar-refractivity contribution in [1.29, 1.82) is 0 Å². The first-order valence-electron chi connectivity index (χ1n) is 5.65. The molecule has 3 atom stereocenters. The molecule has 1 N–H and O–H groups in total. The van der Waals surface area contributed by atoms with E-state index in [0.29, 0.717) is 17.9 Å². The predicted octanol–water partition coefficient (Wildman–Crippen LogP) is 1.60. The van der Waals surface area contributed by atoms with Gasteiger partial charge < -0.3 is 5.32 Å². The molecule has 1 saturated carbocycles. The molecule has 15 heavy (non-hydrogen) atoms. The summed E-state index contributed by atoms with van der Waals surface area (Å²) in [6, 6.07) is 9.55. The molecule has 2 aliphatic carbocycles. The second-order valence-corrected chi connectivity index (χ2v) is 5.18. The van der Waals surface area contributed by atoms with Crippen LogP contribution in [-0.4, -0.2) is 11.8 Å². The van der Waals surface area contributed by atoms with Crippen molar-refractivity contribution in [2.45, 2.75) is 31.3 Å². The fourth-order valence-corrected chi connectivity index (χ4v) is 3.81. The van der Waals surface area contributed by atoms with Crippen LogP contribution in [0.3, 0.4) is 0 Å². The van der Waals surface area contributed by atoms with Crippen LogP contribution in [0.2, 0.25) is 0 Å². The Morgan fingerprint density at radius 1 is 1.27 bits per heavy atom. The fraction of sp³-hybridized carbons (Fsp3) is 0.462. The Morgan fingerprint density at radius 2 is 2.13 bits per heavy atom. The standard InChI is InChI=1S/C13H13NO/c15-9-5-11-13(7-9)6-8-3-1-2-4-10(8)12(13)14-11/h1-4,11-12,14H,5-7H2/t11?,12-,13-/m1/s1. The first-order valence-corrected chi connectivity index (χ1v) is 5.65. The molecule has 0 amide bonds. The highest BCUT2D eigenvalue weighted by Gasteiger charge is 2.63. The zero-order valence-corrected chi connectivity index (χ0v) is 8.49. The first kappa shape index (κ1) is 8.05. The number of hydrogen-bond donors (Lipinski definition) is 1. The number of carbonyl (C=O) groups is 1. The Hall–Kier alpha value is -1.15. The highest BCUT2D eigenvalue weighted by molar-refractivity contribution is 5.84. The van der Waals surface area contributed by atoms with Gasteiger partial charge >= 0.3 is 0 Å². The molecule has 0 radical (unpaired) electrons. The quantitative estimate of drug-likeness (QED) is 0.687. The second-order valence-electron chi connectivity index (χ2n) is 5.18. The summed E-state index contributed by atoms with van der Waals surface area (Å²) in [5, 5.41) is 3.56. The number of ketones is 1. The van der Waals surface area contributed by atoms with Crippen LogP contribution in [0.1, 0.15) is 30.0 Å². The van der Waals surface area contributed by atoms with Gasteiger partial charge in [0, 0.05) is 30.3 Å². The van der Waals surface area contributed by atoms with Crippen LogP contribution >= 0.6 is 0 Å². The highest BCUT2D eigenvalue weighted by Crippen LogP contribution is 2.60. The van der Waals surface area contributed by atoms with E-state index in [-0.39, 0.29) is 5.41 Å². The molecule has 1 aromatic carbocycles. The van der Waals surface area contributed by atoms with E-state index in [2.05, 4.69) is 29.6 Å². The van der Waals surface area contributed by atoms with Crippen LogP contribution in [0.25, 0.3) is 0 Å². The van der Waals surface area contributed by atoms with E-state index in [4.69, 9.17) is 0 Å². The molecule has 1 unspecified atom stereocenters. The molecule has 0 aromatic heterocycles. The molecule has 0 bridgehead atoms. The SMILES string of the molecule is O=C1CC2N[C@@H]3c4ccccc4C[C@@]23C1. The van der Waals surface area contributed by atoms with Crippen LogP contribution in [0.5, 0.6) is 0 Å². The third-order valence-corrected chi connectivity index (χ3v) is 4.48. The van der Waals surface area contributed by atoms with Crippen LogP contribution < -0.4 is 5.32 Å². The zero-order chi connectivity index (χ0) is 10.0. The summed E-state index contributed by atoms with van der Waals surface area (Å²) < 4.78 is 0. The molecule has 1 spiro atoms. The zero-order valence-electron chi connectivity index (χ0n) is 8.49. The van der Waals surface area contributed by atoms with Gasteiger partial charge in [0.15, 0.2) is 0 Å². The number of rotatable bonds is 0. The lowest BCUT2D eigenvalue weighted by molar-refractivity contribution is -0.118. The van der Waals surface area contributed by atoms with E-state index in [0.717, 1.165) is 19.3 Å². The summed E-state index contributed by atoms with van der Waals surface area (Å²) >= 11 is 0. The summed E-state index contributed by atoms with van der Waals surface area (Å²) in [4.78, 5) is 11.6. The molecule has 2 heteroatoms. The minimum absolute atomic E-state index is 0.265. The van der Waals surface area contributed by atoms with Crippen LogP contribution in [0, 0.1) is 5.41 Å². The number of benzene rings is 1.